The summed E-state index contributed by atoms with van der Waals surface area (Å²) >= 11 is 3.52. The predicted octanol–water partition coefficient (Wildman–Crippen LogP) is 3.14. The fourth-order valence-electron chi connectivity index (χ4n) is 2.93. The SMILES string of the molecule is Brc1ccc2c(c1)CCC(C1CCNCC1)O2. The number of aryl methyl sites for hydroxylation is 1. The van der Waals surface area contributed by atoms with Gasteiger partial charge in [0.1, 0.15) is 11.9 Å². The highest BCUT2D eigenvalue weighted by Crippen LogP contribution is 2.34. The molecular weight excluding hydrogens is 278 g/mol. The number of hydrogen-bond acceptors (Lipinski definition) is 2. The lowest BCUT2D eigenvalue weighted by Crippen LogP contribution is -2.38. The minimum atomic E-state index is 0.436. The van der Waals surface area contributed by atoms with Crippen molar-refractivity contribution in [3.05, 3.63) is 28.2 Å². The molecule has 0 radical (unpaired) electrons. The first-order valence-electron chi connectivity index (χ1n) is 6.49. The summed E-state index contributed by atoms with van der Waals surface area (Å²) < 4.78 is 7.33. The molecule has 2 nitrogen and oxygen atoms in total. The lowest BCUT2D eigenvalue weighted by Gasteiger charge is -2.34. The molecule has 0 amide bonds. The summed E-state index contributed by atoms with van der Waals surface area (Å²) in [4.78, 5) is 0. The Hall–Kier alpha value is -0.540. The van der Waals surface area contributed by atoms with Gasteiger partial charge < -0.3 is 10.1 Å². The molecule has 1 unspecified atom stereocenters. The van der Waals surface area contributed by atoms with E-state index >= 15 is 0 Å². The molecule has 0 saturated carbocycles. The second-order valence-electron chi connectivity index (χ2n) is 5.03. The Morgan fingerprint density at radius 1 is 1.18 bits per heavy atom. The fraction of sp³-hybridized carbons (Fsp3) is 0.571. The number of fused-ring (bicyclic) bond motifs is 1. The summed E-state index contributed by atoms with van der Waals surface area (Å²) in [6, 6.07) is 6.37. The number of piperidine rings is 1. The molecule has 0 aromatic heterocycles. The second-order valence-corrected chi connectivity index (χ2v) is 5.95. The minimum Gasteiger partial charge on any atom is -0.490 e. The molecule has 1 saturated heterocycles. The highest BCUT2D eigenvalue weighted by Gasteiger charge is 2.28. The molecule has 1 aromatic rings. The molecule has 92 valence electrons. The Kier molecular flexibility index (Phi) is 3.39. The number of nitrogens with one attached hydrogen (secondary N) is 1. The van der Waals surface area contributed by atoms with Crippen LogP contribution < -0.4 is 10.1 Å². The summed E-state index contributed by atoms with van der Waals surface area (Å²) in [7, 11) is 0. The van der Waals surface area contributed by atoms with Crippen LogP contribution >= 0.6 is 15.9 Å². The van der Waals surface area contributed by atoms with E-state index in [9.17, 15) is 0 Å². The molecule has 1 aromatic carbocycles. The zero-order valence-electron chi connectivity index (χ0n) is 9.92. The maximum Gasteiger partial charge on any atom is 0.122 e. The van der Waals surface area contributed by atoms with E-state index in [0.29, 0.717) is 6.10 Å². The van der Waals surface area contributed by atoms with Gasteiger partial charge in [0.05, 0.1) is 0 Å². The van der Waals surface area contributed by atoms with Gasteiger partial charge in [-0.15, -0.1) is 0 Å². The van der Waals surface area contributed by atoms with Crippen molar-refractivity contribution in [2.24, 2.45) is 5.92 Å². The minimum absolute atomic E-state index is 0.436. The van der Waals surface area contributed by atoms with Crippen molar-refractivity contribution in [1.82, 2.24) is 5.32 Å². The summed E-state index contributed by atoms with van der Waals surface area (Å²) in [6.07, 6.45) is 5.29. The molecule has 1 fully saturated rings. The Labute approximate surface area is 111 Å². The van der Waals surface area contributed by atoms with Crippen LogP contribution in [0.1, 0.15) is 24.8 Å². The third kappa shape index (κ3) is 2.50. The van der Waals surface area contributed by atoms with Crippen molar-refractivity contribution in [1.29, 1.82) is 0 Å². The third-order valence-corrected chi connectivity index (χ3v) is 4.40. The Balaban J connectivity index is 1.73. The van der Waals surface area contributed by atoms with Crippen LogP contribution in [0.4, 0.5) is 0 Å². The van der Waals surface area contributed by atoms with E-state index in [4.69, 9.17) is 4.74 Å². The zero-order valence-corrected chi connectivity index (χ0v) is 11.5. The van der Waals surface area contributed by atoms with Gasteiger partial charge in [-0.3, -0.25) is 0 Å². The lowest BCUT2D eigenvalue weighted by molar-refractivity contribution is 0.0918. The molecule has 0 spiro atoms. The van der Waals surface area contributed by atoms with Crippen LogP contribution in [0.25, 0.3) is 0 Å². The van der Waals surface area contributed by atoms with Crippen LogP contribution in [0.15, 0.2) is 22.7 Å². The first-order chi connectivity index (χ1) is 8.33. The summed E-state index contributed by atoms with van der Waals surface area (Å²) in [5, 5.41) is 3.42. The molecule has 2 aliphatic heterocycles. The molecule has 2 aliphatic rings. The van der Waals surface area contributed by atoms with Gasteiger partial charge in [0.2, 0.25) is 0 Å². The van der Waals surface area contributed by atoms with E-state index in [0.717, 1.165) is 35.7 Å². The molecule has 0 aliphatic carbocycles. The highest BCUT2D eigenvalue weighted by molar-refractivity contribution is 9.10. The molecule has 17 heavy (non-hydrogen) atoms. The van der Waals surface area contributed by atoms with Gasteiger partial charge in [-0.05, 0) is 68.5 Å². The van der Waals surface area contributed by atoms with Crippen molar-refractivity contribution in [3.63, 3.8) is 0 Å². The van der Waals surface area contributed by atoms with Crippen molar-refractivity contribution < 1.29 is 4.74 Å². The van der Waals surface area contributed by atoms with Gasteiger partial charge in [-0.2, -0.15) is 0 Å². The van der Waals surface area contributed by atoms with Crippen LogP contribution in [0.5, 0.6) is 5.75 Å². The summed E-state index contributed by atoms with van der Waals surface area (Å²) in [6.45, 7) is 2.30. The molecule has 3 heteroatoms. The Bertz CT molecular complexity index is 401. The first kappa shape index (κ1) is 11.5. The number of rotatable bonds is 1. The molecular formula is C14H18BrNO. The molecule has 1 atom stereocenters. The van der Waals surface area contributed by atoms with Gasteiger partial charge in [-0.25, -0.2) is 0 Å². The van der Waals surface area contributed by atoms with Crippen molar-refractivity contribution in [2.75, 3.05) is 13.1 Å². The average molecular weight is 296 g/mol. The predicted molar refractivity (Wildman–Crippen MR) is 72.5 cm³/mol. The average Bonchev–Trinajstić information content (AvgIpc) is 2.39. The lowest BCUT2D eigenvalue weighted by atomic mass is 9.87. The zero-order chi connectivity index (χ0) is 11.7. The summed E-state index contributed by atoms with van der Waals surface area (Å²) in [5.74, 6) is 1.84. The molecule has 3 rings (SSSR count). The Morgan fingerprint density at radius 3 is 2.82 bits per heavy atom. The third-order valence-electron chi connectivity index (χ3n) is 3.91. The van der Waals surface area contributed by atoms with Crippen molar-refractivity contribution in [3.8, 4) is 5.75 Å². The smallest absolute Gasteiger partial charge is 0.122 e. The van der Waals surface area contributed by atoms with Gasteiger partial charge >= 0.3 is 0 Å². The van der Waals surface area contributed by atoms with E-state index in [1.165, 1.54) is 24.8 Å². The van der Waals surface area contributed by atoms with Crippen molar-refractivity contribution >= 4 is 15.9 Å². The molecule has 1 N–H and O–H groups in total. The van der Waals surface area contributed by atoms with Gasteiger partial charge in [0.25, 0.3) is 0 Å². The van der Waals surface area contributed by atoms with Crippen LogP contribution in [0.2, 0.25) is 0 Å². The number of ether oxygens (including phenoxy) is 1. The Morgan fingerprint density at radius 2 is 2.00 bits per heavy atom. The van der Waals surface area contributed by atoms with E-state index in [1.807, 2.05) is 0 Å². The monoisotopic (exact) mass is 295 g/mol. The van der Waals surface area contributed by atoms with Crippen LogP contribution in [0, 0.1) is 5.92 Å². The van der Waals surface area contributed by atoms with Gasteiger partial charge in [-0.1, -0.05) is 15.9 Å². The number of halogens is 1. The second kappa shape index (κ2) is 4.99. The van der Waals surface area contributed by atoms with E-state index in [-0.39, 0.29) is 0 Å². The summed E-state index contributed by atoms with van der Waals surface area (Å²) in [5.41, 5.74) is 1.35. The number of hydrogen-bond donors (Lipinski definition) is 1. The molecule has 0 bridgehead atoms. The normalized spacial score (nSPS) is 25.1. The molecule has 2 heterocycles. The number of benzene rings is 1. The maximum atomic E-state index is 6.18. The van der Waals surface area contributed by atoms with Gasteiger partial charge in [0.15, 0.2) is 0 Å². The van der Waals surface area contributed by atoms with E-state index in [1.54, 1.807) is 0 Å². The van der Waals surface area contributed by atoms with Crippen molar-refractivity contribution in [2.45, 2.75) is 31.8 Å². The first-order valence-corrected chi connectivity index (χ1v) is 7.28. The quantitative estimate of drug-likeness (QED) is 0.859. The fourth-order valence-corrected chi connectivity index (χ4v) is 3.33. The topological polar surface area (TPSA) is 21.3 Å². The van der Waals surface area contributed by atoms with Crippen LogP contribution in [-0.2, 0) is 6.42 Å². The standard InChI is InChI=1S/C14H18BrNO/c15-12-2-4-14-11(9-12)1-3-13(17-14)10-5-7-16-8-6-10/h2,4,9-10,13,16H,1,3,5-8H2. The maximum absolute atomic E-state index is 6.18. The van der Waals surface area contributed by atoms with E-state index < -0.39 is 0 Å². The van der Waals surface area contributed by atoms with Crippen LogP contribution in [-0.4, -0.2) is 19.2 Å². The van der Waals surface area contributed by atoms with Gasteiger partial charge in [0, 0.05) is 4.47 Å². The van der Waals surface area contributed by atoms with Crippen LogP contribution in [0.3, 0.4) is 0 Å². The highest BCUT2D eigenvalue weighted by atomic mass is 79.9. The van der Waals surface area contributed by atoms with E-state index in [2.05, 4.69) is 39.4 Å². The largest absolute Gasteiger partial charge is 0.490 e.